The molecule has 0 N–H and O–H groups in total. The third-order valence-corrected chi connectivity index (χ3v) is 9.04. The molecule has 192 valence electrons. The van der Waals surface area contributed by atoms with Gasteiger partial charge in [0.1, 0.15) is 0 Å². The molecule has 2 bridgehead atoms. The maximum atomic E-state index is 14.6. The summed E-state index contributed by atoms with van der Waals surface area (Å²) in [4.78, 5) is 35.5. The molecule has 0 saturated carbocycles. The number of amides is 2. The Morgan fingerprint density at radius 1 is 0.718 bits per heavy atom. The van der Waals surface area contributed by atoms with Crippen LogP contribution in [0.1, 0.15) is 50.4 Å². The highest BCUT2D eigenvalue weighted by Crippen LogP contribution is 2.63. The van der Waals surface area contributed by atoms with Gasteiger partial charge in [-0.15, -0.1) is 0 Å². The van der Waals surface area contributed by atoms with E-state index in [1.54, 1.807) is 0 Å². The Hall–Kier alpha value is -4.31. The minimum Gasteiger partial charge on any atom is -0.274 e. The van der Waals surface area contributed by atoms with Crippen LogP contribution in [0.5, 0.6) is 0 Å². The number of benzene rings is 4. The quantitative estimate of drug-likeness (QED) is 0.223. The van der Waals surface area contributed by atoms with Gasteiger partial charge in [0.2, 0.25) is 11.8 Å². The zero-order chi connectivity index (χ0) is 27.1. The number of aryl methyl sites for hydroxylation is 4. The van der Waals surface area contributed by atoms with Gasteiger partial charge < -0.3 is 0 Å². The zero-order valence-electron chi connectivity index (χ0n) is 22.6. The van der Waals surface area contributed by atoms with Crippen LogP contribution in [0.3, 0.4) is 0 Å². The molecule has 1 aliphatic heterocycles. The molecule has 4 aromatic carbocycles. The van der Waals surface area contributed by atoms with Gasteiger partial charge in [-0.3, -0.25) is 14.6 Å². The van der Waals surface area contributed by atoms with Crippen molar-refractivity contribution in [3.8, 4) is 0 Å². The van der Waals surface area contributed by atoms with E-state index in [0.29, 0.717) is 5.69 Å². The molecule has 3 aliphatic carbocycles. The Balaban J connectivity index is 1.51. The van der Waals surface area contributed by atoms with Crippen LogP contribution in [-0.2, 0) is 15.0 Å². The lowest BCUT2D eigenvalue weighted by Crippen LogP contribution is -2.54. The average Bonchev–Trinajstić information content (AvgIpc) is 3.19. The summed E-state index contributed by atoms with van der Waals surface area (Å²) in [6.07, 6.45) is 1.98. The Bertz CT molecular complexity index is 1690. The van der Waals surface area contributed by atoms with Crippen LogP contribution in [0.15, 0.2) is 89.9 Å². The van der Waals surface area contributed by atoms with E-state index < -0.39 is 17.3 Å². The standard InChI is InChI=1S/C35H30N2O2/c1-20-13-15-28(22(3)17-20)36-19-35-26-11-7-5-9-24(26)30(25-10-6-8-12-27(25)35)31-32(35)34(39)37(33(31)38)29-16-14-21(2)18-23(29)4/h5-19,30-32H,1-4H3/t30?,31-,32+,35?/m1/s1. The summed E-state index contributed by atoms with van der Waals surface area (Å²) in [6, 6.07) is 28.8. The van der Waals surface area contributed by atoms with E-state index in [9.17, 15) is 9.59 Å². The van der Waals surface area contributed by atoms with Crippen molar-refractivity contribution in [3.05, 3.63) is 129 Å². The number of aliphatic imine (C=N–C) groups is 1. The van der Waals surface area contributed by atoms with Crippen LogP contribution >= 0.6 is 0 Å². The minimum atomic E-state index is -0.857. The summed E-state index contributed by atoms with van der Waals surface area (Å²) < 4.78 is 0. The van der Waals surface area contributed by atoms with E-state index in [-0.39, 0.29) is 17.7 Å². The van der Waals surface area contributed by atoms with Crippen LogP contribution in [-0.4, -0.2) is 18.0 Å². The van der Waals surface area contributed by atoms with Crippen molar-refractivity contribution in [2.24, 2.45) is 16.8 Å². The fourth-order valence-corrected chi connectivity index (χ4v) is 7.47. The summed E-state index contributed by atoms with van der Waals surface area (Å²) >= 11 is 0. The summed E-state index contributed by atoms with van der Waals surface area (Å²) in [5, 5.41) is 0. The third kappa shape index (κ3) is 3.15. The van der Waals surface area contributed by atoms with Crippen LogP contribution in [0.25, 0.3) is 0 Å². The van der Waals surface area contributed by atoms with Crippen LogP contribution in [0, 0.1) is 39.5 Å². The van der Waals surface area contributed by atoms with E-state index in [1.165, 1.54) is 10.5 Å². The molecule has 8 rings (SSSR count). The third-order valence-electron chi connectivity index (χ3n) is 9.04. The Morgan fingerprint density at radius 2 is 1.31 bits per heavy atom. The molecule has 4 aliphatic rings. The van der Waals surface area contributed by atoms with E-state index in [2.05, 4.69) is 50.2 Å². The van der Waals surface area contributed by atoms with Crippen LogP contribution in [0.2, 0.25) is 0 Å². The molecule has 1 fully saturated rings. The van der Waals surface area contributed by atoms with Crippen molar-refractivity contribution in [1.29, 1.82) is 0 Å². The molecule has 1 heterocycles. The molecular formula is C35H30N2O2. The minimum absolute atomic E-state index is 0.116. The molecule has 0 unspecified atom stereocenters. The Labute approximate surface area is 229 Å². The molecule has 0 spiro atoms. The van der Waals surface area contributed by atoms with E-state index >= 15 is 0 Å². The van der Waals surface area contributed by atoms with Gasteiger partial charge in [0.15, 0.2) is 0 Å². The SMILES string of the molecule is Cc1ccc(N=CC23c4ccccc4C(c4ccccc42)[C@H]2C(=O)N(c4ccc(C)cc4C)C(=O)[C@H]23)c(C)c1. The van der Waals surface area contributed by atoms with Gasteiger partial charge in [-0.25, -0.2) is 4.90 Å². The maximum absolute atomic E-state index is 14.6. The van der Waals surface area contributed by atoms with Gasteiger partial charge >= 0.3 is 0 Å². The number of imide groups is 1. The first-order valence-electron chi connectivity index (χ1n) is 13.6. The van der Waals surface area contributed by atoms with Gasteiger partial charge in [0, 0.05) is 12.1 Å². The van der Waals surface area contributed by atoms with Gasteiger partial charge in [-0.2, -0.15) is 0 Å². The lowest BCUT2D eigenvalue weighted by Gasteiger charge is -2.52. The molecule has 0 aromatic heterocycles. The van der Waals surface area contributed by atoms with Gasteiger partial charge in [-0.1, -0.05) is 83.9 Å². The Morgan fingerprint density at radius 3 is 1.92 bits per heavy atom. The summed E-state index contributed by atoms with van der Waals surface area (Å²) in [6.45, 7) is 8.13. The van der Waals surface area contributed by atoms with Crippen molar-refractivity contribution in [3.63, 3.8) is 0 Å². The van der Waals surface area contributed by atoms with Crippen molar-refractivity contribution in [1.82, 2.24) is 0 Å². The fourth-order valence-electron chi connectivity index (χ4n) is 7.47. The second-order valence-electron chi connectivity index (χ2n) is 11.4. The zero-order valence-corrected chi connectivity index (χ0v) is 22.6. The number of hydrogen-bond acceptors (Lipinski definition) is 3. The van der Waals surface area contributed by atoms with E-state index in [1.807, 2.05) is 68.6 Å². The molecule has 0 radical (unpaired) electrons. The lowest BCUT2D eigenvalue weighted by molar-refractivity contribution is -0.122. The monoisotopic (exact) mass is 510 g/mol. The number of hydrogen-bond donors (Lipinski definition) is 0. The molecule has 2 amide bonds. The Kier molecular flexibility index (Phi) is 5.09. The number of anilines is 1. The van der Waals surface area contributed by atoms with Crippen LogP contribution in [0.4, 0.5) is 11.4 Å². The van der Waals surface area contributed by atoms with Crippen molar-refractivity contribution >= 4 is 29.4 Å². The first-order chi connectivity index (χ1) is 18.8. The molecule has 4 aromatic rings. The largest absolute Gasteiger partial charge is 0.274 e. The lowest BCUT2D eigenvalue weighted by atomic mass is 9.47. The fraction of sp³-hybridized carbons (Fsp3) is 0.229. The van der Waals surface area contributed by atoms with Crippen molar-refractivity contribution < 1.29 is 9.59 Å². The first-order valence-corrected chi connectivity index (χ1v) is 13.6. The number of carbonyl (C=O) groups excluding carboxylic acids is 2. The van der Waals surface area contributed by atoms with E-state index in [4.69, 9.17) is 4.99 Å². The number of rotatable bonds is 3. The molecule has 2 atom stereocenters. The van der Waals surface area contributed by atoms with Gasteiger partial charge in [-0.05, 0) is 73.2 Å². The normalized spacial score (nSPS) is 24.7. The van der Waals surface area contributed by atoms with Crippen molar-refractivity contribution in [2.75, 3.05) is 4.90 Å². The number of nitrogens with zero attached hydrogens (tertiary/aromatic N) is 2. The predicted molar refractivity (Wildman–Crippen MR) is 155 cm³/mol. The number of carbonyl (C=O) groups is 2. The smallest absolute Gasteiger partial charge is 0.239 e. The summed E-state index contributed by atoms with van der Waals surface area (Å²) in [5.74, 6) is -1.50. The van der Waals surface area contributed by atoms with Gasteiger partial charge in [0.25, 0.3) is 0 Å². The summed E-state index contributed by atoms with van der Waals surface area (Å²) in [7, 11) is 0. The molecule has 1 saturated heterocycles. The first kappa shape index (κ1) is 23.8. The van der Waals surface area contributed by atoms with Crippen molar-refractivity contribution in [2.45, 2.75) is 39.0 Å². The molecular weight excluding hydrogens is 480 g/mol. The highest BCUT2D eigenvalue weighted by Gasteiger charge is 2.68. The molecule has 4 nitrogen and oxygen atoms in total. The average molecular weight is 511 g/mol. The second-order valence-corrected chi connectivity index (χ2v) is 11.4. The molecule has 4 heteroatoms. The second kappa shape index (κ2) is 8.34. The van der Waals surface area contributed by atoms with E-state index in [0.717, 1.165) is 44.6 Å². The maximum Gasteiger partial charge on any atom is 0.239 e. The predicted octanol–water partition coefficient (Wildman–Crippen LogP) is 6.87. The van der Waals surface area contributed by atoms with Gasteiger partial charge in [0.05, 0.1) is 28.6 Å². The van der Waals surface area contributed by atoms with Crippen LogP contribution < -0.4 is 4.90 Å². The molecule has 39 heavy (non-hydrogen) atoms. The summed E-state index contributed by atoms with van der Waals surface area (Å²) in [5.41, 5.74) is 9.37. The highest BCUT2D eigenvalue weighted by atomic mass is 16.2. The highest BCUT2D eigenvalue weighted by molar-refractivity contribution is 6.25. The topological polar surface area (TPSA) is 49.7 Å².